The summed E-state index contributed by atoms with van der Waals surface area (Å²) in [5.41, 5.74) is 0. The number of rotatable bonds is 1. The summed E-state index contributed by atoms with van der Waals surface area (Å²) in [5.74, 6) is -0.294. The fourth-order valence-electron chi connectivity index (χ4n) is 1.38. The van der Waals surface area contributed by atoms with Gasteiger partial charge in [0.2, 0.25) is 0 Å². The van der Waals surface area contributed by atoms with Gasteiger partial charge >= 0.3 is 6.09 Å². The standard InChI is InChI=1S/C7H10FNO3/c1-4(10)6-2-5(8)3-9(6)7(11)12/h5-6H,2-3H2,1H3,(H,11,12). The molecule has 0 spiro atoms. The maximum absolute atomic E-state index is 12.7. The van der Waals surface area contributed by atoms with Gasteiger partial charge in [-0.15, -0.1) is 0 Å². The first-order valence-corrected chi connectivity index (χ1v) is 3.66. The van der Waals surface area contributed by atoms with Crippen molar-refractivity contribution < 1.29 is 19.1 Å². The predicted molar refractivity (Wildman–Crippen MR) is 38.7 cm³/mol. The van der Waals surface area contributed by atoms with Gasteiger partial charge < -0.3 is 5.11 Å². The Bertz CT molecular complexity index is 197. The van der Waals surface area contributed by atoms with Gasteiger partial charge in [-0.05, 0) is 6.92 Å². The molecule has 12 heavy (non-hydrogen) atoms. The summed E-state index contributed by atoms with van der Waals surface area (Å²) >= 11 is 0. The molecule has 1 heterocycles. The second-order valence-electron chi connectivity index (χ2n) is 2.89. The molecule has 1 amide bonds. The van der Waals surface area contributed by atoms with Crippen LogP contribution in [0.25, 0.3) is 0 Å². The highest BCUT2D eigenvalue weighted by molar-refractivity contribution is 5.85. The van der Waals surface area contributed by atoms with E-state index in [4.69, 9.17) is 5.11 Å². The van der Waals surface area contributed by atoms with Crippen molar-refractivity contribution in [2.45, 2.75) is 25.6 Å². The Kier molecular flexibility index (Phi) is 2.30. The van der Waals surface area contributed by atoms with E-state index >= 15 is 0 Å². The third-order valence-electron chi connectivity index (χ3n) is 1.97. The lowest BCUT2D eigenvalue weighted by molar-refractivity contribution is -0.120. The number of carbonyl (C=O) groups excluding carboxylic acids is 1. The first-order chi connectivity index (χ1) is 5.52. The topological polar surface area (TPSA) is 57.6 Å². The zero-order valence-electron chi connectivity index (χ0n) is 6.66. The summed E-state index contributed by atoms with van der Waals surface area (Å²) in [6.45, 7) is 1.10. The van der Waals surface area contributed by atoms with E-state index in [0.29, 0.717) is 0 Å². The van der Waals surface area contributed by atoms with Gasteiger partial charge in [0, 0.05) is 6.42 Å². The third-order valence-corrected chi connectivity index (χ3v) is 1.97. The summed E-state index contributed by atoms with van der Waals surface area (Å²) in [7, 11) is 0. The summed E-state index contributed by atoms with van der Waals surface area (Å²) < 4.78 is 12.7. The zero-order valence-corrected chi connectivity index (χ0v) is 6.66. The quantitative estimate of drug-likeness (QED) is 0.637. The molecule has 1 N–H and O–H groups in total. The van der Waals surface area contributed by atoms with Crippen LogP contribution >= 0.6 is 0 Å². The van der Waals surface area contributed by atoms with E-state index in [1.54, 1.807) is 0 Å². The minimum Gasteiger partial charge on any atom is -0.465 e. The van der Waals surface area contributed by atoms with E-state index in [1.165, 1.54) is 6.92 Å². The van der Waals surface area contributed by atoms with E-state index in [9.17, 15) is 14.0 Å². The van der Waals surface area contributed by atoms with Gasteiger partial charge in [0.1, 0.15) is 6.17 Å². The SMILES string of the molecule is CC(=O)C1CC(F)CN1C(=O)O. The average Bonchev–Trinajstić information content (AvgIpc) is 2.31. The molecular weight excluding hydrogens is 165 g/mol. The number of Topliss-reactive ketones (excluding diaryl/α,β-unsaturated/α-hetero) is 1. The molecule has 1 rings (SSSR count). The van der Waals surface area contributed by atoms with Gasteiger partial charge in [-0.2, -0.15) is 0 Å². The van der Waals surface area contributed by atoms with Crippen LogP contribution in [0.2, 0.25) is 0 Å². The van der Waals surface area contributed by atoms with E-state index < -0.39 is 18.3 Å². The first-order valence-electron chi connectivity index (χ1n) is 3.66. The molecule has 68 valence electrons. The second kappa shape index (κ2) is 3.08. The fraction of sp³-hybridized carbons (Fsp3) is 0.714. The Balaban J connectivity index is 2.72. The molecule has 0 aromatic carbocycles. The van der Waals surface area contributed by atoms with Crippen molar-refractivity contribution in [2.75, 3.05) is 6.54 Å². The summed E-state index contributed by atoms with van der Waals surface area (Å²) in [5, 5.41) is 8.56. The number of carbonyl (C=O) groups is 2. The lowest BCUT2D eigenvalue weighted by Crippen LogP contribution is -2.38. The van der Waals surface area contributed by atoms with Crippen LogP contribution in [0.5, 0.6) is 0 Å². The average molecular weight is 175 g/mol. The minimum atomic E-state index is -1.23. The van der Waals surface area contributed by atoms with Crippen molar-refractivity contribution in [1.82, 2.24) is 4.90 Å². The number of nitrogens with zero attached hydrogens (tertiary/aromatic N) is 1. The molecule has 0 aromatic rings. The Morgan fingerprint density at radius 3 is 2.50 bits per heavy atom. The van der Waals surface area contributed by atoms with Crippen LogP contribution in [0.4, 0.5) is 9.18 Å². The Hall–Kier alpha value is -1.13. The highest BCUT2D eigenvalue weighted by Gasteiger charge is 2.37. The Morgan fingerprint density at radius 1 is 1.58 bits per heavy atom. The van der Waals surface area contributed by atoms with E-state index in [0.717, 1.165) is 4.90 Å². The monoisotopic (exact) mass is 175 g/mol. The van der Waals surface area contributed by atoms with Crippen LogP contribution in [0.3, 0.4) is 0 Å². The number of amides is 1. The number of hydrogen-bond donors (Lipinski definition) is 1. The molecule has 2 atom stereocenters. The molecule has 0 aliphatic carbocycles. The smallest absolute Gasteiger partial charge is 0.408 e. The first kappa shape index (κ1) is 8.96. The van der Waals surface area contributed by atoms with Crippen LogP contribution in [0.15, 0.2) is 0 Å². The predicted octanol–water partition coefficient (Wildman–Crippen LogP) is 0.666. The number of ketones is 1. The molecule has 0 bridgehead atoms. The number of halogens is 1. The van der Waals surface area contributed by atoms with Crippen molar-refractivity contribution in [3.05, 3.63) is 0 Å². The van der Waals surface area contributed by atoms with Crippen molar-refractivity contribution in [3.8, 4) is 0 Å². The van der Waals surface area contributed by atoms with E-state index in [2.05, 4.69) is 0 Å². The molecular formula is C7H10FNO3. The number of carboxylic acid groups (broad SMARTS) is 1. The highest BCUT2D eigenvalue weighted by atomic mass is 19.1. The van der Waals surface area contributed by atoms with E-state index in [-0.39, 0.29) is 18.7 Å². The normalized spacial score (nSPS) is 29.0. The molecule has 1 aliphatic heterocycles. The van der Waals surface area contributed by atoms with Crippen molar-refractivity contribution in [1.29, 1.82) is 0 Å². The molecule has 5 heteroatoms. The second-order valence-corrected chi connectivity index (χ2v) is 2.89. The lowest BCUT2D eigenvalue weighted by Gasteiger charge is -2.17. The largest absolute Gasteiger partial charge is 0.465 e. The van der Waals surface area contributed by atoms with Crippen LogP contribution < -0.4 is 0 Å². The maximum atomic E-state index is 12.7. The van der Waals surface area contributed by atoms with Gasteiger partial charge in [0.05, 0.1) is 12.6 Å². The van der Waals surface area contributed by atoms with Gasteiger partial charge in [0.25, 0.3) is 0 Å². The van der Waals surface area contributed by atoms with Crippen LogP contribution in [-0.4, -0.2) is 40.6 Å². The summed E-state index contributed by atoms with van der Waals surface area (Å²) in [4.78, 5) is 22.2. The molecule has 2 unspecified atom stereocenters. The Labute approximate surface area is 69.0 Å². The molecule has 0 radical (unpaired) electrons. The van der Waals surface area contributed by atoms with Gasteiger partial charge in [0.15, 0.2) is 5.78 Å². The van der Waals surface area contributed by atoms with Crippen molar-refractivity contribution >= 4 is 11.9 Å². The maximum Gasteiger partial charge on any atom is 0.408 e. The van der Waals surface area contributed by atoms with Crippen LogP contribution in [-0.2, 0) is 4.79 Å². The van der Waals surface area contributed by atoms with Gasteiger partial charge in [-0.3, -0.25) is 9.69 Å². The molecule has 4 nitrogen and oxygen atoms in total. The molecule has 0 aromatic heterocycles. The van der Waals surface area contributed by atoms with E-state index in [1.807, 2.05) is 0 Å². The minimum absolute atomic E-state index is 0.00162. The lowest BCUT2D eigenvalue weighted by atomic mass is 10.1. The molecule has 1 aliphatic rings. The summed E-state index contributed by atoms with van der Waals surface area (Å²) in [6, 6.07) is -0.780. The highest BCUT2D eigenvalue weighted by Crippen LogP contribution is 2.20. The number of likely N-dealkylation sites (tertiary alicyclic amines) is 1. The molecule has 1 fully saturated rings. The molecule has 1 saturated heterocycles. The third kappa shape index (κ3) is 1.54. The zero-order chi connectivity index (χ0) is 9.30. The summed E-state index contributed by atoms with van der Waals surface area (Å²) in [6.07, 6.45) is -2.42. The Morgan fingerprint density at radius 2 is 2.17 bits per heavy atom. The fourth-order valence-corrected chi connectivity index (χ4v) is 1.38. The van der Waals surface area contributed by atoms with Gasteiger partial charge in [-0.1, -0.05) is 0 Å². The number of alkyl halides is 1. The molecule has 0 saturated carbocycles. The number of hydrogen-bond acceptors (Lipinski definition) is 2. The van der Waals surface area contributed by atoms with Crippen molar-refractivity contribution in [2.24, 2.45) is 0 Å². The van der Waals surface area contributed by atoms with Crippen LogP contribution in [0, 0.1) is 0 Å². The van der Waals surface area contributed by atoms with Crippen molar-refractivity contribution in [3.63, 3.8) is 0 Å². The van der Waals surface area contributed by atoms with Gasteiger partial charge in [-0.25, -0.2) is 9.18 Å². The van der Waals surface area contributed by atoms with Crippen LogP contribution in [0.1, 0.15) is 13.3 Å².